The molecular weight excluding hydrogens is 590 g/mol. The zero-order valence-electron chi connectivity index (χ0n) is 26.9. The molecule has 1 N–H and O–H groups in total. The van der Waals surface area contributed by atoms with E-state index in [2.05, 4.69) is 10.3 Å². The summed E-state index contributed by atoms with van der Waals surface area (Å²) in [6, 6.07) is 36.2. The second kappa shape index (κ2) is 13.5. The molecule has 1 fully saturated rings. The lowest BCUT2D eigenvalue weighted by molar-refractivity contribution is -0.0146. The van der Waals surface area contributed by atoms with Crippen LogP contribution in [0.2, 0.25) is 0 Å². The largest absolute Gasteiger partial charge is 0.489 e. The van der Waals surface area contributed by atoms with Crippen molar-refractivity contribution < 1.29 is 19.4 Å². The van der Waals surface area contributed by atoms with Gasteiger partial charge in [0.2, 0.25) is 0 Å². The molecule has 240 valence electrons. The van der Waals surface area contributed by atoms with Crippen molar-refractivity contribution >= 4 is 12.0 Å². The van der Waals surface area contributed by atoms with Gasteiger partial charge in [-0.3, -0.25) is 4.79 Å². The molecule has 0 aliphatic carbocycles. The van der Waals surface area contributed by atoms with Crippen LogP contribution in [0.15, 0.2) is 115 Å². The second-order valence-corrected chi connectivity index (χ2v) is 12.9. The summed E-state index contributed by atoms with van der Waals surface area (Å²) in [7, 11) is 0. The molecular formula is C38H39N5O4. The highest BCUT2D eigenvalue weighted by molar-refractivity contribution is 5.98. The first kappa shape index (κ1) is 31.5. The van der Waals surface area contributed by atoms with Gasteiger partial charge in [-0.25, -0.2) is 9.48 Å². The molecule has 1 aliphatic heterocycles. The molecule has 2 amide bonds. The topological polar surface area (TPSA) is 101 Å². The maximum Gasteiger partial charge on any atom is 0.407 e. The molecule has 0 saturated carbocycles. The lowest BCUT2D eigenvalue weighted by Crippen LogP contribution is -2.66. The molecule has 0 spiro atoms. The minimum Gasteiger partial charge on any atom is -0.489 e. The molecule has 1 aliphatic rings. The third-order valence-electron chi connectivity index (χ3n) is 8.59. The highest BCUT2D eigenvalue weighted by Crippen LogP contribution is 2.36. The van der Waals surface area contributed by atoms with Crippen LogP contribution in [0, 0.1) is 5.41 Å². The van der Waals surface area contributed by atoms with E-state index in [1.165, 1.54) is 4.90 Å². The van der Waals surface area contributed by atoms with Crippen LogP contribution in [0.3, 0.4) is 0 Å². The van der Waals surface area contributed by atoms with Gasteiger partial charge in [-0.15, -0.1) is 5.10 Å². The van der Waals surface area contributed by atoms with Crippen molar-refractivity contribution in [1.82, 2.24) is 24.8 Å². The van der Waals surface area contributed by atoms with Crippen LogP contribution in [0.4, 0.5) is 4.79 Å². The van der Waals surface area contributed by atoms with E-state index in [1.54, 1.807) is 4.68 Å². The number of hydrogen-bond acceptors (Lipinski definition) is 5. The third kappa shape index (κ3) is 6.89. The van der Waals surface area contributed by atoms with Gasteiger partial charge in [0.05, 0.1) is 17.8 Å². The van der Waals surface area contributed by atoms with Crippen molar-refractivity contribution in [3.8, 4) is 22.7 Å². The number of hydrogen-bond donors (Lipinski definition) is 1. The van der Waals surface area contributed by atoms with Crippen molar-refractivity contribution in [2.75, 3.05) is 13.1 Å². The van der Waals surface area contributed by atoms with Gasteiger partial charge >= 0.3 is 6.09 Å². The first-order valence-electron chi connectivity index (χ1n) is 15.8. The van der Waals surface area contributed by atoms with Gasteiger partial charge in [0.25, 0.3) is 5.91 Å². The Labute approximate surface area is 275 Å². The Balaban J connectivity index is 1.40. The summed E-state index contributed by atoms with van der Waals surface area (Å²) in [5.41, 5.74) is 3.88. The fourth-order valence-electron chi connectivity index (χ4n) is 6.53. The predicted octanol–water partition coefficient (Wildman–Crippen LogP) is 6.98. The summed E-state index contributed by atoms with van der Waals surface area (Å²) in [5.74, 6) is 0.376. The first-order chi connectivity index (χ1) is 22.7. The standard InChI is InChI=1S/C38H39N5O4/c1-38(2,3)35-32(24-27-14-7-4-8-15-27)41(22-23-42(35)37(45)46)36(44)33-34(29-18-11-6-12-19-29)43(40-39-33)30-20-13-21-31(25-30)47-26-28-16-9-5-10-17-28/h4-21,25,32,35H,22-24,26H2,1-3H3,(H,45,46)/t32-,35?/m1/s1. The van der Waals surface area contributed by atoms with Gasteiger partial charge in [-0.2, -0.15) is 0 Å². The summed E-state index contributed by atoms with van der Waals surface area (Å²) in [6.07, 6.45) is -0.492. The molecule has 9 heteroatoms. The molecule has 1 unspecified atom stereocenters. The Morgan fingerprint density at radius 1 is 0.809 bits per heavy atom. The van der Waals surface area contributed by atoms with E-state index in [1.807, 2.05) is 141 Å². The average molecular weight is 630 g/mol. The van der Waals surface area contributed by atoms with E-state index in [-0.39, 0.29) is 24.7 Å². The molecule has 0 radical (unpaired) electrons. The number of carbonyl (C=O) groups is 2. The van der Waals surface area contributed by atoms with Crippen molar-refractivity contribution in [2.24, 2.45) is 5.41 Å². The van der Waals surface area contributed by atoms with Crippen LogP contribution in [0.25, 0.3) is 16.9 Å². The van der Waals surface area contributed by atoms with Gasteiger partial charge in [0.1, 0.15) is 18.1 Å². The molecule has 2 heterocycles. The fraction of sp³-hybridized carbons (Fsp3) is 0.263. The van der Waals surface area contributed by atoms with Crippen LogP contribution in [-0.4, -0.2) is 67.1 Å². The highest BCUT2D eigenvalue weighted by Gasteiger charge is 2.47. The molecule has 47 heavy (non-hydrogen) atoms. The van der Waals surface area contributed by atoms with Gasteiger partial charge < -0.3 is 19.6 Å². The molecule has 0 bridgehead atoms. The van der Waals surface area contributed by atoms with Crippen molar-refractivity contribution in [2.45, 2.75) is 45.9 Å². The van der Waals surface area contributed by atoms with E-state index >= 15 is 0 Å². The number of ether oxygens (including phenoxy) is 1. The van der Waals surface area contributed by atoms with E-state index in [0.29, 0.717) is 30.2 Å². The smallest absolute Gasteiger partial charge is 0.407 e. The molecule has 4 aromatic carbocycles. The molecule has 9 nitrogen and oxygen atoms in total. The number of aromatic nitrogens is 3. The highest BCUT2D eigenvalue weighted by atomic mass is 16.5. The normalized spacial score (nSPS) is 16.6. The van der Waals surface area contributed by atoms with Crippen LogP contribution in [0.1, 0.15) is 42.4 Å². The predicted molar refractivity (Wildman–Crippen MR) is 181 cm³/mol. The Morgan fingerprint density at radius 3 is 2.06 bits per heavy atom. The Kier molecular flexibility index (Phi) is 9.06. The van der Waals surface area contributed by atoms with Crippen LogP contribution in [-0.2, 0) is 13.0 Å². The minimum atomic E-state index is -0.986. The monoisotopic (exact) mass is 629 g/mol. The van der Waals surface area contributed by atoms with E-state index in [0.717, 1.165) is 16.7 Å². The maximum atomic E-state index is 14.7. The summed E-state index contributed by atoms with van der Waals surface area (Å²) in [4.78, 5) is 30.5. The number of carbonyl (C=O) groups excluding carboxylic acids is 1. The lowest BCUT2D eigenvalue weighted by Gasteiger charge is -2.51. The summed E-state index contributed by atoms with van der Waals surface area (Å²) >= 11 is 0. The van der Waals surface area contributed by atoms with Crippen LogP contribution < -0.4 is 4.74 Å². The Hall–Kier alpha value is -5.44. The molecule has 2 atom stereocenters. The number of amides is 2. The lowest BCUT2D eigenvalue weighted by atomic mass is 9.77. The number of nitrogens with zero attached hydrogens (tertiary/aromatic N) is 5. The Morgan fingerprint density at radius 2 is 1.43 bits per heavy atom. The summed E-state index contributed by atoms with van der Waals surface area (Å²) < 4.78 is 7.78. The third-order valence-corrected chi connectivity index (χ3v) is 8.59. The molecule has 1 saturated heterocycles. The number of piperazine rings is 1. The SMILES string of the molecule is CC(C)(C)C1[C@@H](Cc2ccccc2)N(C(=O)c2nnn(-c3cccc(OCc4ccccc4)c3)c2-c2ccccc2)CCN1C(=O)O. The summed E-state index contributed by atoms with van der Waals surface area (Å²) in [6.45, 7) is 6.92. The zero-order valence-corrected chi connectivity index (χ0v) is 26.9. The van der Waals surface area contributed by atoms with Crippen LogP contribution >= 0.6 is 0 Å². The van der Waals surface area contributed by atoms with E-state index < -0.39 is 23.6 Å². The maximum absolute atomic E-state index is 14.7. The molecule has 1 aromatic heterocycles. The number of rotatable bonds is 8. The quantitative estimate of drug-likeness (QED) is 0.199. The number of benzene rings is 4. The van der Waals surface area contributed by atoms with Crippen molar-refractivity contribution in [1.29, 1.82) is 0 Å². The van der Waals surface area contributed by atoms with Crippen LogP contribution in [0.5, 0.6) is 5.75 Å². The zero-order chi connectivity index (χ0) is 33.0. The average Bonchev–Trinajstić information content (AvgIpc) is 3.53. The first-order valence-corrected chi connectivity index (χ1v) is 15.8. The minimum absolute atomic E-state index is 0.198. The van der Waals surface area contributed by atoms with E-state index in [4.69, 9.17) is 4.74 Å². The number of carboxylic acid groups (broad SMARTS) is 1. The van der Waals surface area contributed by atoms with Gasteiger partial charge in [-0.05, 0) is 35.1 Å². The van der Waals surface area contributed by atoms with Crippen molar-refractivity contribution in [3.63, 3.8) is 0 Å². The molecule has 5 aromatic rings. The van der Waals surface area contributed by atoms with E-state index in [9.17, 15) is 14.7 Å². The summed E-state index contributed by atoms with van der Waals surface area (Å²) in [5, 5.41) is 19.3. The van der Waals surface area contributed by atoms with Gasteiger partial charge in [0, 0.05) is 24.7 Å². The van der Waals surface area contributed by atoms with Gasteiger partial charge in [-0.1, -0.05) is 123 Å². The Bertz CT molecular complexity index is 1820. The molecule has 6 rings (SSSR count). The fourth-order valence-corrected chi connectivity index (χ4v) is 6.53. The van der Waals surface area contributed by atoms with Gasteiger partial charge in [0.15, 0.2) is 5.69 Å². The van der Waals surface area contributed by atoms with Crippen molar-refractivity contribution in [3.05, 3.63) is 132 Å². The second-order valence-electron chi connectivity index (χ2n) is 12.9.